The van der Waals surface area contributed by atoms with Crippen molar-refractivity contribution < 1.29 is 19.3 Å². The number of Topliss-reactive ketones (excluding diaryl/α,β-unsaturated/α-hetero) is 1. The molecule has 1 heterocycles. The fourth-order valence-electron chi connectivity index (χ4n) is 3.13. The smallest absolute Gasteiger partial charge is 0.196 e. The highest BCUT2D eigenvalue weighted by Gasteiger charge is 2.53. The quantitative estimate of drug-likeness (QED) is 0.686. The van der Waals surface area contributed by atoms with E-state index in [-0.39, 0.29) is 17.3 Å². The average Bonchev–Trinajstić information content (AvgIpc) is 2.38. The van der Waals surface area contributed by atoms with Gasteiger partial charge in [0.1, 0.15) is 6.10 Å². The molecule has 1 fully saturated rings. The largest absolute Gasteiger partial charge is 0.342 e. The monoisotopic (exact) mass is 290 g/mol. The van der Waals surface area contributed by atoms with Gasteiger partial charge in [-0.2, -0.15) is 0 Å². The average molecular weight is 290 g/mol. The lowest BCUT2D eigenvalue weighted by Gasteiger charge is -2.48. The van der Waals surface area contributed by atoms with Gasteiger partial charge in [-0.3, -0.25) is 4.79 Å². The van der Waals surface area contributed by atoms with Gasteiger partial charge in [0.25, 0.3) is 0 Å². The zero-order chi connectivity index (χ0) is 15.4. The Hall–Kier alpha value is -1.23. The lowest BCUT2D eigenvalue weighted by molar-refractivity contribution is -0.505. The third-order valence-electron chi connectivity index (χ3n) is 4.36. The van der Waals surface area contributed by atoms with E-state index in [9.17, 15) is 4.79 Å². The normalized spacial score (nSPS) is 32.5. The summed E-state index contributed by atoms with van der Waals surface area (Å²) in [7, 11) is 0. The summed E-state index contributed by atoms with van der Waals surface area (Å²) < 4.78 is 6.07. The second kappa shape index (κ2) is 4.63. The lowest BCUT2D eigenvalue weighted by Crippen LogP contribution is -2.55. The van der Waals surface area contributed by atoms with Gasteiger partial charge in [0, 0.05) is 23.0 Å². The molecule has 4 heteroatoms. The minimum atomic E-state index is -0.740. The van der Waals surface area contributed by atoms with Gasteiger partial charge < -0.3 is 4.74 Å². The number of hydrogen-bond donors (Lipinski definition) is 0. The first-order valence-corrected chi connectivity index (χ1v) is 7.37. The molecule has 2 aliphatic rings. The van der Waals surface area contributed by atoms with Crippen molar-refractivity contribution in [3.63, 3.8) is 0 Å². The van der Waals surface area contributed by atoms with Crippen LogP contribution in [-0.4, -0.2) is 18.2 Å². The van der Waals surface area contributed by atoms with E-state index in [0.29, 0.717) is 6.42 Å². The topological polar surface area (TPSA) is 44.8 Å². The van der Waals surface area contributed by atoms with Crippen LogP contribution in [0, 0.1) is 12.3 Å². The van der Waals surface area contributed by atoms with Crippen molar-refractivity contribution in [3.8, 4) is 0 Å². The van der Waals surface area contributed by atoms with Crippen LogP contribution >= 0.6 is 0 Å². The Kier molecular flexibility index (Phi) is 3.24. The molecule has 1 aliphatic heterocycles. The van der Waals surface area contributed by atoms with E-state index in [4.69, 9.17) is 14.5 Å². The molecule has 4 nitrogen and oxygen atoms in total. The summed E-state index contributed by atoms with van der Waals surface area (Å²) in [6.45, 7) is 9.99. The third-order valence-corrected chi connectivity index (χ3v) is 4.36. The molecular formula is C17H22O4. The molecule has 0 amide bonds. The highest BCUT2D eigenvalue weighted by Crippen LogP contribution is 2.46. The fourth-order valence-corrected chi connectivity index (χ4v) is 3.13. The van der Waals surface area contributed by atoms with E-state index in [0.717, 1.165) is 16.7 Å². The van der Waals surface area contributed by atoms with Gasteiger partial charge in [-0.15, -0.1) is 0 Å². The molecule has 114 valence electrons. The summed E-state index contributed by atoms with van der Waals surface area (Å²) in [5.41, 5.74) is 1.68. The number of aryl methyl sites for hydroxylation is 1. The maximum Gasteiger partial charge on any atom is 0.196 e. The Morgan fingerprint density at radius 2 is 2.00 bits per heavy atom. The minimum Gasteiger partial charge on any atom is -0.342 e. The molecule has 0 radical (unpaired) electrons. The molecule has 0 spiro atoms. The number of benzene rings is 1. The van der Waals surface area contributed by atoms with Gasteiger partial charge >= 0.3 is 0 Å². The van der Waals surface area contributed by atoms with Crippen LogP contribution in [0.2, 0.25) is 0 Å². The Bertz CT molecular complexity index is 587. The third kappa shape index (κ3) is 2.22. The number of rotatable bonds is 0. The van der Waals surface area contributed by atoms with Crippen LogP contribution in [0.3, 0.4) is 0 Å². The Labute approximate surface area is 125 Å². The summed E-state index contributed by atoms with van der Waals surface area (Å²) in [5.74, 6) is 0.106. The molecule has 0 unspecified atom stereocenters. The SMILES string of the molecule is Cc1cccc2c1[C@@]1(C)OO[C@@H](C(C)(C)C)O[C@H]1CC2=O. The highest BCUT2D eigenvalue weighted by atomic mass is 17.2. The molecule has 0 bridgehead atoms. The minimum absolute atomic E-state index is 0.106. The molecule has 1 aromatic rings. The van der Waals surface area contributed by atoms with Crippen LogP contribution in [0.15, 0.2) is 18.2 Å². The standard InChI is InChI=1S/C17H22O4/c1-10-7-6-8-11-12(18)9-13-17(5,14(10)11)21-20-15(19-13)16(2,3)4/h6-8,13,15H,9H2,1-5H3/t13-,15-,17-/m0/s1. The van der Waals surface area contributed by atoms with Crippen LogP contribution in [0.1, 0.15) is 55.6 Å². The van der Waals surface area contributed by atoms with Gasteiger partial charge in [0.15, 0.2) is 17.7 Å². The molecule has 1 saturated heterocycles. The first-order valence-electron chi connectivity index (χ1n) is 7.37. The predicted molar refractivity (Wildman–Crippen MR) is 77.8 cm³/mol. The van der Waals surface area contributed by atoms with Gasteiger partial charge in [-0.25, -0.2) is 9.78 Å². The first kappa shape index (κ1) is 14.7. The molecule has 3 atom stereocenters. The van der Waals surface area contributed by atoms with Gasteiger partial charge in [-0.1, -0.05) is 39.0 Å². The predicted octanol–water partition coefficient (Wildman–Crippen LogP) is 3.52. The Morgan fingerprint density at radius 3 is 2.67 bits per heavy atom. The maximum absolute atomic E-state index is 12.4. The van der Waals surface area contributed by atoms with E-state index in [1.54, 1.807) is 0 Å². The number of ketones is 1. The van der Waals surface area contributed by atoms with Gasteiger partial charge in [0.05, 0.1) is 0 Å². The van der Waals surface area contributed by atoms with Crippen molar-refractivity contribution in [1.29, 1.82) is 0 Å². The Morgan fingerprint density at radius 1 is 1.29 bits per heavy atom. The van der Waals surface area contributed by atoms with Crippen molar-refractivity contribution in [3.05, 3.63) is 34.9 Å². The number of carbonyl (C=O) groups excluding carboxylic acids is 1. The molecule has 0 aromatic heterocycles. The van der Waals surface area contributed by atoms with E-state index < -0.39 is 11.9 Å². The zero-order valence-electron chi connectivity index (χ0n) is 13.2. The van der Waals surface area contributed by atoms with E-state index >= 15 is 0 Å². The summed E-state index contributed by atoms with van der Waals surface area (Å²) in [5, 5.41) is 0. The fraction of sp³-hybridized carbons (Fsp3) is 0.588. The zero-order valence-corrected chi connectivity index (χ0v) is 13.2. The number of fused-ring (bicyclic) bond motifs is 3. The van der Waals surface area contributed by atoms with Crippen molar-refractivity contribution in [2.45, 2.75) is 59.0 Å². The summed E-state index contributed by atoms with van der Waals surface area (Å²) in [6, 6.07) is 5.74. The Balaban J connectivity index is 2.04. The summed E-state index contributed by atoms with van der Waals surface area (Å²) >= 11 is 0. The van der Waals surface area contributed by atoms with Crippen LogP contribution in [0.4, 0.5) is 0 Å². The van der Waals surface area contributed by atoms with Crippen LogP contribution < -0.4 is 0 Å². The lowest BCUT2D eigenvalue weighted by atomic mass is 9.75. The van der Waals surface area contributed by atoms with Crippen LogP contribution in [-0.2, 0) is 20.1 Å². The number of ether oxygens (including phenoxy) is 1. The molecule has 0 saturated carbocycles. The van der Waals surface area contributed by atoms with Crippen molar-refractivity contribution in [1.82, 2.24) is 0 Å². The van der Waals surface area contributed by atoms with E-state index in [1.165, 1.54) is 0 Å². The molecule has 21 heavy (non-hydrogen) atoms. The summed E-state index contributed by atoms with van der Waals surface area (Å²) in [4.78, 5) is 23.7. The maximum atomic E-state index is 12.4. The highest BCUT2D eigenvalue weighted by molar-refractivity contribution is 6.00. The van der Waals surface area contributed by atoms with Gasteiger partial charge in [-0.05, 0) is 19.4 Å². The molecule has 3 rings (SSSR count). The second-order valence-corrected chi connectivity index (χ2v) is 7.23. The van der Waals surface area contributed by atoms with Crippen molar-refractivity contribution in [2.75, 3.05) is 0 Å². The number of hydrogen-bond acceptors (Lipinski definition) is 4. The molecule has 0 N–H and O–H groups in total. The molecule has 1 aromatic carbocycles. The van der Waals surface area contributed by atoms with Crippen molar-refractivity contribution in [2.24, 2.45) is 5.41 Å². The van der Waals surface area contributed by atoms with Crippen molar-refractivity contribution >= 4 is 5.78 Å². The summed E-state index contributed by atoms with van der Waals surface area (Å²) in [6.07, 6.45) is -0.478. The van der Waals surface area contributed by atoms with Gasteiger partial charge in [0.2, 0.25) is 0 Å². The van der Waals surface area contributed by atoms with Crippen LogP contribution in [0.5, 0.6) is 0 Å². The van der Waals surface area contributed by atoms with E-state index in [2.05, 4.69) is 0 Å². The van der Waals surface area contributed by atoms with E-state index in [1.807, 2.05) is 52.8 Å². The van der Waals surface area contributed by atoms with Crippen LogP contribution in [0.25, 0.3) is 0 Å². The molecular weight excluding hydrogens is 268 g/mol. The first-order chi connectivity index (χ1) is 9.73. The molecule has 1 aliphatic carbocycles. The number of carbonyl (C=O) groups is 1. The second-order valence-electron chi connectivity index (χ2n) is 7.23.